The highest BCUT2D eigenvalue weighted by Gasteiger charge is 2.32. The number of hydrogen-bond acceptors (Lipinski definition) is 5. The summed E-state index contributed by atoms with van der Waals surface area (Å²) in [4.78, 5) is 36.7. The van der Waals surface area contributed by atoms with Gasteiger partial charge in [-0.15, -0.1) is 0 Å². The molecule has 1 N–H and O–H groups in total. The number of halogens is 1. The summed E-state index contributed by atoms with van der Waals surface area (Å²) in [7, 11) is 0. The fourth-order valence-corrected chi connectivity index (χ4v) is 2.43. The molecule has 2 rings (SSSR count). The van der Waals surface area contributed by atoms with Gasteiger partial charge in [-0.1, -0.05) is 11.6 Å². The van der Waals surface area contributed by atoms with Gasteiger partial charge in [-0.2, -0.15) is 0 Å². The lowest BCUT2D eigenvalue weighted by molar-refractivity contribution is -0.163. The normalized spacial score (nSPS) is 16.3. The first-order valence-electron chi connectivity index (χ1n) is 7.52. The zero-order valence-corrected chi connectivity index (χ0v) is 14.4. The van der Waals surface area contributed by atoms with Crippen LogP contribution in [0, 0.1) is 6.92 Å². The van der Waals surface area contributed by atoms with Gasteiger partial charge in [0.15, 0.2) is 12.2 Å². The molecule has 0 radical (unpaired) electrons. The molecule has 2 unspecified atom stereocenters. The third-order valence-electron chi connectivity index (χ3n) is 3.54. The lowest BCUT2D eigenvalue weighted by Crippen LogP contribution is -2.43. The van der Waals surface area contributed by atoms with Crippen molar-refractivity contribution >= 4 is 29.5 Å². The summed E-state index contributed by atoms with van der Waals surface area (Å²) < 4.78 is 10.7. The monoisotopic (exact) mass is 354 g/mol. The molecule has 1 aliphatic rings. The number of carbonyl (C=O) groups is 3. The molecule has 0 saturated carbocycles. The summed E-state index contributed by atoms with van der Waals surface area (Å²) in [5.41, 5.74) is 0.778. The van der Waals surface area contributed by atoms with Crippen molar-refractivity contribution in [3.63, 3.8) is 0 Å². The molecule has 2 atom stereocenters. The number of aryl methyl sites for hydroxylation is 1. The number of benzene rings is 1. The Balaban J connectivity index is 1.93. The van der Waals surface area contributed by atoms with Gasteiger partial charge in [-0.3, -0.25) is 9.69 Å². The largest absolute Gasteiger partial charge is 0.479 e. The number of hydrogen-bond donors (Lipinski definition) is 1. The van der Waals surface area contributed by atoms with Crippen LogP contribution in [0.5, 0.6) is 5.75 Å². The zero-order valence-electron chi connectivity index (χ0n) is 13.7. The number of imide groups is 1. The Labute approximate surface area is 144 Å². The molecular formula is C16H19ClN2O5. The highest BCUT2D eigenvalue weighted by atomic mass is 35.5. The van der Waals surface area contributed by atoms with Crippen LogP contribution in [0.15, 0.2) is 18.2 Å². The van der Waals surface area contributed by atoms with E-state index in [1.807, 2.05) is 0 Å². The SMILES string of the molecule is Cc1cc(Cl)ccc1OC(C)C(=O)OC(C)C(=O)N1CCNC1=O. The second kappa shape index (κ2) is 7.53. The van der Waals surface area contributed by atoms with E-state index in [1.54, 1.807) is 25.1 Å². The maximum Gasteiger partial charge on any atom is 0.347 e. The first kappa shape index (κ1) is 18.1. The van der Waals surface area contributed by atoms with Crippen LogP contribution >= 0.6 is 11.6 Å². The van der Waals surface area contributed by atoms with Crippen LogP contribution in [0.2, 0.25) is 5.02 Å². The van der Waals surface area contributed by atoms with Gasteiger partial charge in [0.1, 0.15) is 5.75 Å². The molecule has 0 aromatic heterocycles. The zero-order chi connectivity index (χ0) is 17.9. The van der Waals surface area contributed by atoms with E-state index in [9.17, 15) is 14.4 Å². The number of amides is 3. The molecule has 1 fully saturated rings. The maximum absolute atomic E-state index is 12.1. The van der Waals surface area contributed by atoms with Crippen molar-refractivity contribution in [1.82, 2.24) is 10.2 Å². The topological polar surface area (TPSA) is 84.9 Å². The van der Waals surface area contributed by atoms with Gasteiger partial charge >= 0.3 is 12.0 Å². The summed E-state index contributed by atoms with van der Waals surface area (Å²) in [5.74, 6) is -0.750. The summed E-state index contributed by atoms with van der Waals surface area (Å²) >= 11 is 5.87. The third-order valence-corrected chi connectivity index (χ3v) is 3.77. The van der Waals surface area contributed by atoms with Crippen LogP contribution < -0.4 is 10.1 Å². The molecule has 0 spiro atoms. The average molecular weight is 355 g/mol. The highest BCUT2D eigenvalue weighted by Crippen LogP contribution is 2.23. The Morgan fingerprint density at radius 2 is 2.00 bits per heavy atom. The van der Waals surface area contributed by atoms with Gasteiger partial charge < -0.3 is 14.8 Å². The number of rotatable bonds is 5. The summed E-state index contributed by atoms with van der Waals surface area (Å²) in [6, 6.07) is 4.54. The van der Waals surface area contributed by atoms with E-state index in [1.165, 1.54) is 13.8 Å². The van der Waals surface area contributed by atoms with Crippen LogP contribution in [-0.4, -0.2) is 48.1 Å². The van der Waals surface area contributed by atoms with Crippen molar-refractivity contribution < 1.29 is 23.9 Å². The lowest BCUT2D eigenvalue weighted by Gasteiger charge is -2.21. The van der Waals surface area contributed by atoms with E-state index in [0.29, 0.717) is 17.3 Å². The molecule has 130 valence electrons. The predicted octanol–water partition coefficient (Wildman–Crippen LogP) is 1.90. The predicted molar refractivity (Wildman–Crippen MR) is 86.9 cm³/mol. The number of urea groups is 1. The van der Waals surface area contributed by atoms with Crippen LogP contribution in [0.4, 0.5) is 4.79 Å². The van der Waals surface area contributed by atoms with E-state index in [2.05, 4.69) is 5.32 Å². The molecule has 1 heterocycles. The maximum atomic E-state index is 12.1. The molecule has 1 aromatic rings. The molecule has 3 amide bonds. The van der Waals surface area contributed by atoms with Crippen LogP contribution in [0.1, 0.15) is 19.4 Å². The Kier molecular flexibility index (Phi) is 5.66. The van der Waals surface area contributed by atoms with Gasteiger partial charge in [0, 0.05) is 18.1 Å². The van der Waals surface area contributed by atoms with Gasteiger partial charge in [0.25, 0.3) is 5.91 Å². The lowest BCUT2D eigenvalue weighted by atomic mass is 10.2. The molecule has 8 heteroatoms. The number of esters is 1. The average Bonchev–Trinajstić information content (AvgIpc) is 2.95. The van der Waals surface area contributed by atoms with Crippen LogP contribution in [0.3, 0.4) is 0 Å². The Morgan fingerprint density at radius 1 is 1.29 bits per heavy atom. The highest BCUT2D eigenvalue weighted by molar-refractivity contribution is 6.30. The minimum absolute atomic E-state index is 0.260. The first-order valence-corrected chi connectivity index (χ1v) is 7.90. The molecule has 24 heavy (non-hydrogen) atoms. The van der Waals surface area contributed by atoms with E-state index in [4.69, 9.17) is 21.1 Å². The van der Waals surface area contributed by atoms with Crippen molar-refractivity contribution in [3.05, 3.63) is 28.8 Å². The van der Waals surface area contributed by atoms with Crippen molar-refractivity contribution in [2.24, 2.45) is 0 Å². The second-order valence-corrected chi connectivity index (χ2v) is 5.91. The number of carbonyl (C=O) groups excluding carboxylic acids is 3. The Hall–Kier alpha value is -2.28. The van der Waals surface area contributed by atoms with Gasteiger partial charge in [0.05, 0.1) is 0 Å². The quantitative estimate of drug-likeness (QED) is 0.816. The summed E-state index contributed by atoms with van der Waals surface area (Å²) in [6.07, 6.45) is -1.98. The third kappa shape index (κ3) is 4.17. The molecule has 1 aliphatic heterocycles. The fourth-order valence-electron chi connectivity index (χ4n) is 2.21. The van der Waals surface area contributed by atoms with E-state index < -0.39 is 30.1 Å². The molecule has 1 saturated heterocycles. The van der Waals surface area contributed by atoms with Gasteiger partial charge in [0.2, 0.25) is 0 Å². The van der Waals surface area contributed by atoms with E-state index >= 15 is 0 Å². The molecule has 1 aromatic carbocycles. The molecule has 7 nitrogen and oxygen atoms in total. The van der Waals surface area contributed by atoms with Crippen molar-refractivity contribution in [1.29, 1.82) is 0 Å². The minimum atomic E-state index is -1.07. The number of nitrogens with one attached hydrogen (secondary N) is 1. The van der Waals surface area contributed by atoms with Gasteiger partial charge in [-0.05, 0) is 44.5 Å². The van der Waals surface area contributed by atoms with Crippen LogP contribution in [0.25, 0.3) is 0 Å². The van der Waals surface area contributed by atoms with Crippen molar-refractivity contribution in [2.75, 3.05) is 13.1 Å². The Bertz CT molecular complexity index is 664. The molecule has 0 aliphatic carbocycles. The number of nitrogens with zero attached hydrogens (tertiary/aromatic N) is 1. The van der Waals surface area contributed by atoms with E-state index in [-0.39, 0.29) is 6.54 Å². The standard InChI is InChI=1S/C16H19ClN2O5/c1-9-8-12(17)4-5-13(9)23-11(3)15(21)24-10(2)14(20)19-7-6-18-16(19)22/h4-5,8,10-11H,6-7H2,1-3H3,(H,18,22). The number of ether oxygens (including phenoxy) is 2. The van der Waals surface area contributed by atoms with Crippen molar-refractivity contribution in [2.45, 2.75) is 33.0 Å². The minimum Gasteiger partial charge on any atom is -0.479 e. The second-order valence-electron chi connectivity index (χ2n) is 5.47. The molecular weight excluding hydrogens is 336 g/mol. The molecule has 0 bridgehead atoms. The first-order chi connectivity index (χ1) is 11.3. The summed E-state index contributed by atoms with van der Waals surface area (Å²) in [6.45, 7) is 5.40. The van der Waals surface area contributed by atoms with Crippen molar-refractivity contribution in [3.8, 4) is 5.75 Å². The van der Waals surface area contributed by atoms with Gasteiger partial charge in [-0.25, -0.2) is 9.59 Å². The fraction of sp³-hybridized carbons (Fsp3) is 0.438. The van der Waals surface area contributed by atoms with E-state index in [0.717, 1.165) is 10.5 Å². The summed E-state index contributed by atoms with van der Waals surface area (Å²) in [5, 5.41) is 3.08. The van der Waals surface area contributed by atoms with Crippen LogP contribution in [-0.2, 0) is 14.3 Å². The smallest absolute Gasteiger partial charge is 0.347 e. The Morgan fingerprint density at radius 3 is 2.58 bits per heavy atom.